The third-order valence-electron chi connectivity index (χ3n) is 4.72. The second-order valence-corrected chi connectivity index (χ2v) is 6.94. The van der Waals surface area contributed by atoms with Crippen LogP contribution < -0.4 is 15.4 Å². The Hall–Kier alpha value is -3.67. The van der Waals surface area contributed by atoms with Crippen LogP contribution >= 0.6 is 0 Å². The van der Waals surface area contributed by atoms with Crippen molar-refractivity contribution in [3.8, 4) is 5.75 Å². The van der Waals surface area contributed by atoms with E-state index in [4.69, 9.17) is 4.74 Å². The highest BCUT2D eigenvalue weighted by Crippen LogP contribution is 2.24. The van der Waals surface area contributed by atoms with E-state index < -0.39 is 0 Å². The molecule has 0 heterocycles. The maximum absolute atomic E-state index is 13.0. The van der Waals surface area contributed by atoms with E-state index in [1.165, 1.54) is 12.1 Å². The number of rotatable bonds is 7. The molecule has 30 heavy (non-hydrogen) atoms. The smallest absolute Gasteiger partial charge is 0.255 e. The summed E-state index contributed by atoms with van der Waals surface area (Å²) in [5.41, 5.74) is 2.53. The van der Waals surface area contributed by atoms with Crippen molar-refractivity contribution in [2.45, 2.75) is 19.3 Å². The zero-order valence-electron chi connectivity index (χ0n) is 16.8. The van der Waals surface area contributed by atoms with Gasteiger partial charge in [0.05, 0.1) is 12.8 Å². The molecule has 5 nitrogen and oxygen atoms in total. The van der Waals surface area contributed by atoms with Gasteiger partial charge in [0, 0.05) is 17.7 Å². The molecule has 0 aliphatic carbocycles. The fourth-order valence-corrected chi connectivity index (χ4v) is 3.05. The Balaban J connectivity index is 1.57. The molecule has 2 N–H and O–H groups in total. The molecular weight excluding hydrogens is 383 g/mol. The normalized spacial score (nSPS) is 11.4. The second kappa shape index (κ2) is 9.69. The SMILES string of the molecule is COc1ccccc1NC(=O)c1ccc(NC(=O)CC(C)c2ccc(F)cc2)cc1. The van der Waals surface area contributed by atoms with Crippen molar-refractivity contribution < 1.29 is 18.7 Å². The Bertz CT molecular complexity index is 1020. The molecule has 0 aromatic heterocycles. The summed E-state index contributed by atoms with van der Waals surface area (Å²) in [6.07, 6.45) is 0.266. The minimum absolute atomic E-state index is 0.0449. The summed E-state index contributed by atoms with van der Waals surface area (Å²) in [5, 5.41) is 5.63. The Labute approximate surface area is 174 Å². The highest BCUT2D eigenvalue weighted by atomic mass is 19.1. The van der Waals surface area contributed by atoms with Gasteiger partial charge in [0.2, 0.25) is 5.91 Å². The zero-order valence-corrected chi connectivity index (χ0v) is 16.8. The van der Waals surface area contributed by atoms with Gasteiger partial charge in [-0.3, -0.25) is 9.59 Å². The van der Waals surface area contributed by atoms with Gasteiger partial charge in [0.1, 0.15) is 11.6 Å². The summed E-state index contributed by atoms with van der Waals surface area (Å²) in [5.74, 6) is -0.202. The number of carbonyl (C=O) groups is 2. The van der Waals surface area contributed by atoms with E-state index in [1.807, 2.05) is 19.1 Å². The summed E-state index contributed by atoms with van der Waals surface area (Å²) < 4.78 is 18.3. The number of ether oxygens (including phenoxy) is 1. The van der Waals surface area contributed by atoms with Crippen molar-refractivity contribution in [1.29, 1.82) is 0 Å². The lowest BCUT2D eigenvalue weighted by atomic mass is 9.97. The van der Waals surface area contributed by atoms with Crippen LogP contribution in [-0.2, 0) is 4.79 Å². The van der Waals surface area contributed by atoms with Gasteiger partial charge < -0.3 is 15.4 Å². The van der Waals surface area contributed by atoms with Crippen LogP contribution in [0.5, 0.6) is 5.75 Å². The molecule has 154 valence electrons. The molecule has 6 heteroatoms. The first kappa shape index (κ1) is 21.0. The summed E-state index contributed by atoms with van der Waals surface area (Å²) in [6, 6.07) is 19.9. The van der Waals surface area contributed by atoms with Crippen LogP contribution in [0, 0.1) is 5.82 Å². The van der Waals surface area contributed by atoms with E-state index in [0.29, 0.717) is 22.7 Å². The van der Waals surface area contributed by atoms with Crippen LogP contribution in [-0.4, -0.2) is 18.9 Å². The molecule has 1 unspecified atom stereocenters. The quantitative estimate of drug-likeness (QED) is 0.565. The molecule has 0 saturated carbocycles. The average Bonchev–Trinajstić information content (AvgIpc) is 2.75. The van der Waals surface area contributed by atoms with Crippen molar-refractivity contribution >= 4 is 23.2 Å². The standard InChI is InChI=1S/C24H23FN2O3/c1-16(17-7-11-19(25)12-8-17)15-23(28)26-20-13-9-18(10-14-20)24(29)27-21-5-3-4-6-22(21)30-2/h3-14,16H,15H2,1-2H3,(H,26,28)(H,27,29). The minimum atomic E-state index is -0.301. The number of methoxy groups -OCH3 is 1. The van der Waals surface area contributed by atoms with Crippen molar-refractivity contribution in [3.63, 3.8) is 0 Å². The van der Waals surface area contributed by atoms with Gasteiger partial charge in [-0.1, -0.05) is 31.2 Å². The van der Waals surface area contributed by atoms with E-state index in [-0.39, 0.29) is 30.0 Å². The first-order valence-corrected chi connectivity index (χ1v) is 9.56. The molecule has 0 saturated heterocycles. The van der Waals surface area contributed by atoms with Crippen molar-refractivity contribution in [2.24, 2.45) is 0 Å². The maximum Gasteiger partial charge on any atom is 0.255 e. The summed E-state index contributed by atoms with van der Waals surface area (Å²) in [6.45, 7) is 1.91. The summed E-state index contributed by atoms with van der Waals surface area (Å²) >= 11 is 0. The van der Waals surface area contributed by atoms with Gasteiger partial charge in [-0.15, -0.1) is 0 Å². The molecule has 0 radical (unpaired) electrons. The van der Waals surface area contributed by atoms with Crippen LogP contribution in [0.2, 0.25) is 0 Å². The van der Waals surface area contributed by atoms with Crippen LogP contribution in [0.3, 0.4) is 0 Å². The lowest BCUT2D eigenvalue weighted by Crippen LogP contribution is -2.15. The molecule has 2 amide bonds. The number of amides is 2. The summed E-state index contributed by atoms with van der Waals surface area (Å²) in [7, 11) is 1.54. The minimum Gasteiger partial charge on any atom is -0.495 e. The number of anilines is 2. The molecular formula is C24H23FN2O3. The Morgan fingerprint density at radius 3 is 2.27 bits per heavy atom. The van der Waals surface area contributed by atoms with Gasteiger partial charge in [0.15, 0.2) is 0 Å². The molecule has 0 fully saturated rings. The number of hydrogen-bond donors (Lipinski definition) is 2. The Kier molecular flexibility index (Phi) is 6.80. The summed E-state index contributed by atoms with van der Waals surface area (Å²) in [4.78, 5) is 24.8. The molecule has 1 atom stereocenters. The van der Waals surface area contributed by atoms with E-state index in [9.17, 15) is 14.0 Å². The number of nitrogens with one attached hydrogen (secondary N) is 2. The highest BCUT2D eigenvalue weighted by molar-refractivity contribution is 6.05. The maximum atomic E-state index is 13.0. The monoisotopic (exact) mass is 406 g/mol. The van der Waals surface area contributed by atoms with Gasteiger partial charge in [-0.05, 0) is 60.0 Å². The molecule has 0 spiro atoms. The molecule has 3 aromatic carbocycles. The first-order valence-electron chi connectivity index (χ1n) is 9.56. The lowest BCUT2D eigenvalue weighted by molar-refractivity contribution is -0.116. The van der Waals surface area contributed by atoms with E-state index >= 15 is 0 Å². The highest BCUT2D eigenvalue weighted by Gasteiger charge is 2.13. The third-order valence-corrected chi connectivity index (χ3v) is 4.72. The number of para-hydroxylation sites is 2. The lowest BCUT2D eigenvalue weighted by Gasteiger charge is -2.13. The van der Waals surface area contributed by atoms with Gasteiger partial charge in [-0.25, -0.2) is 4.39 Å². The van der Waals surface area contributed by atoms with Crippen LogP contribution in [0.15, 0.2) is 72.8 Å². The molecule has 0 aliphatic heterocycles. The average molecular weight is 406 g/mol. The van der Waals surface area contributed by atoms with Crippen LogP contribution in [0.1, 0.15) is 35.2 Å². The Morgan fingerprint density at radius 1 is 0.933 bits per heavy atom. The molecule has 3 rings (SSSR count). The largest absolute Gasteiger partial charge is 0.495 e. The van der Waals surface area contributed by atoms with Crippen molar-refractivity contribution in [3.05, 3.63) is 89.7 Å². The van der Waals surface area contributed by atoms with Crippen LogP contribution in [0.4, 0.5) is 15.8 Å². The molecule has 3 aromatic rings. The van der Waals surface area contributed by atoms with Crippen molar-refractivity contribution in [1.82, 2.24) is 0 Å². The molecule has 0 aliphatic rings. The number of benzene rings is 3. The number of carbonyl (C=O) groups excluding carboxylic acids is 2. The first-order chi connectivity index (χ1) is 14.5. The number of hydrogen-bond acceptors (Lipinski definition) is 3. The predicted octanol–water partition coefficient (Wildman–Crippen LogP) is 5.22. The third kappa shape index (κ3) is 5.44. The van der Waals surface area contributed by atoms with E-state index in [2.05, 4.69) is 10.6 Å². The van der Waals surface area contributed by atoms with Gasteiger partial charge in [-0.2, -0.15) is 0 Å². The second-order valence-electron chi connectivity index (χ2n) is 6.94. The van der Waals surface area contributed by atoms with Gasteiger partial charge >= 0.3 is 0 Å². The predicted molar refractivity (Wildman–Crippen MR) is 115 cm³/mol. The topological polar surface area (TPSA) is 67.4 Å². The zero-order chi connectivity index (χ0) is 21.5. The van der Waals surface area contributed by atoms with Crippen molar-refractivity contribution in [2.75, 3.05) is 17.7 Å². The van der Waals surface area contributed by atoms with Crippen LogP contribution in [0.25, 0.3) is 0 Å². The fourth-order valence-electron chi connectivity index (χ4n) is 3.05. The Morgan fingerprint density at radius 2 is 1.60 bits per heavy atom. The van der Waals surface area contributed by atoms with E-state index in [1.54, 1.807) is 55.6 Å². The number of halogens is 1. The fraction of sp³-hybridized carbons (Fsp3) is 0.167. The molecule has 0 bridgehead atoms. The van der Waals surface area contributed by atoms with Gasteiger partial charge in [0.25, 0.3) is 5.91 Å². The van der Waals surface area contributed by atoms with E-state index in [0.717, 1.165) is 5.56 Å².